The normalized spacial score (nSPS) is 24.2. The monoisotopic (exact) mass is 367 g/mol. The molecule has 0 amide bonds. The third-order valence-electron chi connectivity index (χ3n) is 5.63. The van der Waals surface area contributed by atoms with Gasteiger partial charge in [-0.1, -0.05) is 48.5 Å². The Balaban J connectivity index is 1.55. The summed E-state index contributed by atoms with van der Waals surface area (Å²) in [6.07, 6.45) is 0.935. The predicted molar refractivity (Wildman–Crippen MR) is 107 cm³/mol. The summed E-state index contributed by atoms with van der Waals surface area (Å²) in [5.41, 5.74) is 2.02. The molecule has 0 bridgehead atoms. The fourth-order valence-electron chi connectivity index (χ4n) is 4.16. The summed E-state index contributed by atoms with van der Waals surface area (Å²) >= 11 is 1.79. The number of thiophene rings is 1. The molecule has 0 unspecified atom stereocenters. The number of nitrogens with zero attached hydrogens (tertiary/aromatic N) is 1. The average molecular weight is 368 g/mol. The summed E-state index contributed by atoms with van der Waals surface area (Å²) in [6.45, 7) is 2.45. The van der Waals surface area contributed by atoms with E-state index in [1.54, 1.807) is 11.3 Å². The SMILES string of the molecule is OC[C@@]1(Cc2ccccc2)CN(Cc2csc3ccccc23)CC[C@@H]1O. The molecule has 1 fully saturated rings. The van der Waals surface area contributed by atoms with E-state index in [9.17, 15) is 10.2 Å². The molecule has 26 heavy (non-hydrogen) atoms. The quantitative estimate of drug-likeness (QED) is 0.723. The molecule has 1 aliphatic heterocycles. The van der Waals surface area contributed by atoms with Gasteiger partial charge in [0.15, 0.2) is 0 Å². The van der Waals surface area contributed by atoms with Crippen molar-refractivity contribution in [2.24, 2.45) is 5.41 Å². The van der Waals surface area contributed by atoms with E-state index < -0.39 is 11.5 Å². The second-order valence-electron chi connectivity index (χ2n) is 7.46. The second-order valence-corrected chi connectivity index (χ2v) is 8.37. The smallest absolute Gasteiger partial charge is 0.0646 e. The van der Waals surface area contributed by atoms with Crippen LogP contribution in [0.3, 0.4) is 0 Å². The number of hydrogen-bond acceptors (Lipinski definition) is 4. The Morgan fingerprint density at radius 2 is 1.85 bits per heavy atom. The number of aliphatic hydroxyl groups excluding tert-OH is 2. The van der Waals surface area contributed by atoms with Gasteiger partial charge < -0.3 is 10.2 Å². The van der Waals surface area contributed by atoms with Crippen LogP contribution in [0.1, 0.15) is 17.5 Å². The van der Waals surface area contributed by atoms with E-state index in [0.29, 0.717) is 19.4 Å². The van der Waals surface area contributed by atoms with Crippen molar-refractivity contribution < 1.29 is 10.2 Å². The van der Waals surface area contributed by atoms with Gasteiger partial charge in [0.1, 0.15) is 0 Å². The zero-order chi connectivity index (χ0) is 18.0. The summed E-state index contributed by atoms with van der Waals surface area (Å²) in [7, 11) is 0. The van der Waals surface area contributed by atoms with Crippen LogP contribution in [0.5, 0.6) is 0 Å². The first-order chi connectivity index (χ1) is 12.7. The number of hydrogen-bond donors (Lipinski definition) is 2. The Bertz CT molecular complexity index is 863. The molecule has 3 nitrogen and oxygen atoms in total. The van der Waals surface area contributed by atoms with Crippen molar-refractivity contribution in [1.29, 1.82) is 0 Å². The maximum atomic E-state index is 10.7. The first-order valence-electron chi connectivity index (χ1n) is 9.20. The minimum Gasteiger partial charge on any atom is -0.396 e. The van der Waals surface area contributed by atoms with Gasteiger partial charge in [-0.25, -0.2) is 0 Å². The lowest BCUT2D eigenvalue weighted by Crippen LogP contribution is -2.54. The predicted octanol–water partition coefficient (Wildman–Crippen LogP) is 3.69. The number of benzene rings is 2. The molecule has 2 N–H and O–H groups in total. The molecule has 4 rings (SSSR count). The maximum Gasteiger partial charge on any atom is 0.0646 e. The molecule has 1 aromatic heterocycles. The van der Waals surface area contributed by atoms with Crippen LogP contribution in [-0.4, -0.2) is 40.9 Å². The molecule has 136 valence electrons. The first-order valence-corrected chi connectivity index (χ1v) is 10.1. The van der Waals surface area contributed by atoms with E-state index in [1.807, 2.05) is 18.2 Å². The zero-order valence-corrected chi connectivity index (χ0v) is 15.7. The van der Waals surface area contributed by atoms with Gasteiger partial charge in [0, 0.05) is 29.7 Å². The standard InChI is InChI=1S/C22H25NO2S/c24-16-22(12-17-6-2-1-3-7-17)15-23(11-10-21(22)25)13-18-14-26-20-9-5-4-8-19(18)20/h1-9,14,21,24-25H,10-13,15-16H2/t21-,22+/m0/s1. The number of piperidine rings is 1. The van der Waals surface area contributed by atoms with E-state index in [1.165, 1.54) is 21.2 Å². The van der Waals surface area contributed by atoms with Crippen LogP contribution >= 0.6 is 11.3 Å². The average Bonchev–Trinajstić information content (AvgIpc) is 3.08. The van der Waals surface area contributed by atoms with Crippen LogP contribution in [0.2, 0.25) is 0 Å². The van der Waals surface area contributed by atoms with Crippen molar-refractivity contribution in [2.75, 3.05) is 19.7 Å². The van der Waals surface area contributed by atoms with Crippen molar-refractivity contribution in [1.82, 2.24) is 4.90 Å². The largest absolute Gasteiger partial charge is 0.396 e. The van der Waals surface area contributed by atoms with E-state index in [4.69, 9.17) is 0 Å². The van der Waals surface area contributed by atoms with Gasteiger partial charge in [-0.3, -0.25) is 4.90 Å². The molecule has 0 spiro atoms. The molecule has 1 saturated heterocycles. The highest BCUT2D eigenvalue weighted by atomic mass is 32.1. The number of fused-ring (bicyclic) bond motifs is 1. The fourth-order valence-corrected chi connectivity index (χ4v) is 5.11. The molecule has 0 aliphatic carbocycles. The Labute approximate surface area is 158 Å². The second kappa shape index (κ2) is 7.49. The number of rotatable bonds is 5. The maximum absolute atomic E-state index is 10.7. The van der Waals surface area contributed by atoms with Crippen LogP contribution in [0, 0.1) is 5.41 Å². The van der Waals surface area contributed by atoms with Gasteiger partial charge in [0.25, 0.3) is 0 Å². The van der Waals surface area contributed by atoms with Crippen molar-refractivity contribution in [3.8, 4) is 0 Å². The first kappa shape index (κ1) is 17.7. The van der Waals surface area contributed by atoms with Gasteiger partial charge in [0.05, 0.1) is 12.7 Å². The Kier molecular flexibility index (Phi) is 5.09. The van der Waals surface area contributed by atoms with Crippen LogP contribution in [0.15, 0.2) is 60.0 Å². The highest BCUT2D eigenvalue weighted by Crippen LogP contribution is 2.35. The molecule has 1 aliphatic rings. The van der Waals surface area contributed by atoms with Crippen LogP contribution < -0.4 is 0 Å². The van der Waals surface area contributed by atoms with Crippen LogP contribution in [-0.2, 0) is 13.0 Å². The fraction of sp³-hybridized carbons (Fsp3) is 0.364. The summed E-state index contributed by atoms with van der Waals surface area (Å²) in [4.78, 5) is 2.39. The molecular weight excluding hydrogens is 342 g/mol. The molecule has 4 heteroatoms. The highest BCUT2D eigenvalue weighted by molar-refractivity contribution is 7.17. The van der Waals surface area contributed by atoms with Gasteiger partial charge in [-0.15, -0.1) is 11.3 Å². The topological polar surface area (TPSA) is 43.7 Å². The number of likely N-dealkylation sites (tertiary alicyclic amines) is 1. The van der Waals surface area contributed by atoms with E-state index in [-0.39, 0.29) is 6.61 Å². The lowest BCUT2D eigenvalue weighted by atomic mass is 9.73. The molecule has 0 radical (unpaired) electrons. The van der Waals surface area contributed by atoms with E-state index in [2.05, 4.69) is 46.7 Å². The van der Waals surface area contributed by atoms with Gasteiger partial charge >= 0.3 is 0 Å². The summed E-state index contributed by atoms with van der Waals surface area (Å²) < 4.78 is 1.32. The van der Waals surface area contributed by atoms with Gasteiger partial charge in [-0.05, 0) is 40.8 Å². The van der Waals surface area contributed by atoms with Crippen molar-refractivity contribution >= 4 is 21.4 Å². The highest BCUT2D eigenvalue weighted by Gasteiger charge is 2.42. The molecule has 2 aromatic carbocycles. The van der Waals surface area contributed by atoms with Crippen LogP contribution in [0.25, 0.3) is 10.1 Å². The van der Waals surface area contributed by atoms with Crippen molar-refractivity contribution in [3.63, 3.8) is 0 Å². The molecule has 2 heterocycles. The van der Waals surface area contributed by atoms with Gasteiger partial charge in [0.2, 0.25) is 0 Å². The molecule has 2 atom stereocenters. The third kappa shape index (κ3) is 3.42. The Morgan fingerprint density at radius 1 is 1.08 bits per heavy atom. The molecule has 3 aromatic rings. The summed E-state index contributed by atoms with van der Waals surface area (Å²) in [5, 5.41) is 24.5. The summed E-state index contributed by atoms with van der Waals surface area (Å²) in [5.74, 6) is 0. The number of aliphatic hydroxyl groups is 2. The van der Waals surface area contributed by atoms with Crippen molar-refractivity contribution in [3.05, 3.63) is 71.1 Å². The summed E-state index contributed by atoms with van der Waals surface area (Å²) in [6, 6.07) is 18.7. The minimum absolute atomic E-state index is 0.00391. The Hall–Kier alpha value is -1.72. The molecule has 0 saturated carbocycles. The van der Waals surface area contributed by atoms with Gasteiger partial charge in [-0.2, -0.15) is 0 Å². The minimum atomic E-state index is -0.495. The lowest BCUT2D eigenvalue weighted by Gasteiger charge is -2.45. The lowest BCUT2D eigenvalue weighted by molar-refractivity contribution is -0.0767. The third-order valence-corrected chi connectivity index (χ3v) is 6.65. The Morgan fingerprint density at radius 3 is 2.65 bits per heavy atom. The zero-order valence-electron chi connectivity index (χ0n) is 14.8. The van der Waals surface area contributed by atoms with E-state index >= 15 is 0 Å². The van der Waals surface area contributed by atoms with Crippen molar-refractivity contribution in [2.45, 2.75) is 25.5 Å². The molecular formula is C22H25NO2S. The van der Waals surface area contributed by atoms with Crippen LogP contribution in [0.4, 0.5) is 0 Å². The van der Waals surface area contributed by atoms with E-state index in [0.717, 1.165) is 13.1 Å².